The SMILES string of the molecule is Cc1c(O[C@@H]2O[C@H](CO)[C@@H](O)[C@H](O)[C@H]2O)oc(=O)c2c1=CC1c3[nH]c4ccccc4c3CCN1C=2O. The number of hydrogen-bond acceptors (Lipinski definition) is 10. The number of benzene rings is 1. The lowest BCUT2D eigenvalue weighted by molar-refractivity contribution is -0.280. The molecule has 0 amide bonds. The maximum Gasteiger partial charge on any atom is 0.351 e. The maximum absolute atomic E-state index is 13.0. The number of aliphatic hydroxyl groups excluding tert-OH is 5. The van der Waals surface area contributed by atoms with Crippen molar-refractivity contribution in [3.63, 3.8) is 0 Å². The Labute approximate surface area is 203 Å². The van der Waals surface area contributed by atoms with Gasteiger partial charge in [-0.25, -0.2) is 4.79 Å². The minimum Gasteiger partial charge on any atom is -0.494 e. The predicted octanol–water partition coefficient (Wildman–Crippen LogP) is -1.37. The number of aliphatic hydroxyl groups is 5. The first-order valence-corrected chi connectivity index (χ1v) is 11.7. The number of ether oxygens (including phenoxy) is 2. The highest BCUT2D eigenvalue weighted by atomic mass is 16.7. The summed E-state index contributed by atoms with van der Waals surface area (Å²) in [5.74, 6) is -0.466. The van der Waals surface area contributed by atoms with Gasteiger partial charge in [0.2, 0.25) is 12.2 Å². The second kappa shape index (κ2) is 8.36. The first-order valence-electron chi connectivity index (χ1n) is 11.7. The monoisotopic (exact) mass is 498 g/mol. The molecule has 1 unspecified atom stereocenters. The highest BCUT2D eigenvalue weighted by Gasteiger charge is 2.45. The summed E-state index contributed by atoms with van der Waals surface area (Å²) in [4.78, 5) is 18.1. The second-order valence-corrected chi connectivity index (χ2v) is 9.35. The molecule has 1 aromatic carbocycles. The quantitative estimate of drug-likeness (QED) is 0.253. The van der Waals surface area contributed by atoms with Crippen molar-refractivity contribution >= 4 is 22.9 Å². The molecule has 2 aromatic heterocycles. The third kappa shape index (κ3) is 3.28. The molecule has 3 aliphatic rings. The van der Waals surface area contributed by atoms with Crippen LogP contribution >= 0.6 is 0 Å². The van der Waals surface area contributed by atoms with Gasteiger partial charge < -0.3 is 49.3 Å². The molecule has 5 heterocycles. The summed E-state index contributed by atoms with van der Waals surface area (Å²) in [7, 11) is 0. The van der Waals surface area contributed by atoms with E-state index in [4.69, 9.17) is 13.9 Å². The normalized spacial score (nSPS) is 29.4. The molecule has 11 nitrogen and oxygen atoms in total. The van der Waals surface area contributed by atoms with Gasteiger partial charge in [-0.1, -0.05) is 18.2 Å². The van der Waals surface area contributed by atoms with E-state index in [0.717, 1.165) is 22.2 Å². The molecular formula is C25H26N2O9. The van der Waals surface area contributed by atoms with Gasteiger partial charge in [0.15, 0.2) is 0 Å². The van der Waals surface area contributed by atoms with Crippen LogP contribution in [0, 0.1) is 6.92 Å². The van der Waals surface area contributed by atoms with E-state index in [2.05, 4.69) is 4.98 Å². The summed E-state index contributed by atoms with van der Waals surface area (Å²) in [6.07, 6.45) is -5.03. The van der Waals surface area contributed by atoms with Gasteiger partial charge in [0.25, 0.3) is 5.95 Å². The van der Waals surface area contributed by atoms with E-state index < -0.39 is 42.9 Å². The molecule has 6 rings (SSSR count). The smallest absolute Gasteiger partial charge is 0.351 e. The van der Waals surface area contributed by atoms with Crippen LogP contribution in [0.5, 0.6) is 5.95 Å². The molecule has 0 spiro atoms. The van der Waals surface area contributed by atoms with Gasteiger partial charge in [-0.05, 0) is 31.1 Å². The fourth-order valence-electron chi connectivity index (χ4n) is 5.40. The van der Waals surface area contributed by atoms with Gasteiger partial charge in [-0.3, -0.25) is 0 Å². The maximum atomic E-state index is 13.0. The van der Waals surface area contributed by atoms with E-state index in [-0.39, 0.29) is 23.1 Å². The molecule has 190 valence electrons. The highest BCUT2D eigenvalue weighted by Crippen LogP contribution is 2.37. The Bertz CT molecular complexity index is 1520. The van der Waals surface area contributed by atoms with Crippen molar-refractivity contribution in [3.8, 4) is 5.95 Å². The van der Waals surface area contributed by atoms with E-state index in [1.54, 1.807) is 11.8 Å². The standard InChI is InChI=1S/C25H26N2O9/c1-10-13-8-15-18-12(11-4-2-3-5-14(11)26-18)6-7-27(15)22(32)17(13)23(33)35-24(10)36-25-21(31)20(30)19(29)16(9-28)34-25/h2-5,8,15-16,19-21,25-26,28-32H,6-7,9H2,1H3/t15?,16-,19-,20+,21-,25+/m1/s1. The third-order valence-corrected chi connectivity index (χ3v) is 7.34. The topological polar surface area (TPSA) is 169 Å². The summed E-state index contributed by atoms with van der Waals surface area (Å²) in [6.45, 7) is 1.51. The molecule has 6 N–H and O–H groups in total. The molecule has 3 aliphatic heterocycles. The lowest BCUT2D eigenvalue weighted by Gasteiger charge is -2.39. The van der Waals surface area contributed by atoms with Crippen LogP contribution in [0.15, 0.2) is 33.5 Å². The number of hydrogen-bond donors (Lipinski definition) is 6. The van der Waals surface area contributed by atoms with E-state index in [1.807, 2.05) is 30.3 Å². The zero-order chi connectivity index (χ0) is 25.3. The Kier molecular flexibility index (Phi) is 5.36. The Balaban J connectivity index is 1.45. The fourth-order valence-corrected chi connectivity index (χ4v) is 5.40. The van der Waals surface area contributed by atoms with E-state index in [9.17, 15) is 30.3 Å². The fraction of sp³-hybridized carbons (Fsp3) is 0.400. The minimum atomic E-state index is -1.67. The van der Waals surface area contributed by atoms with Gasteiger partial charge >= 0.3 is 5.63 Å². The predicted molar refractivity (Wildman–Crippen MR) is 125 cm³/mol. The van der Waals surface area contributed by atoms with Gasteiger partial charge in [0.1, 0.15) is 29.6 Å². The Hall–Kier alpha value is -3.35. The van der Waals surface area contributed by atoms with Crippen molar-refractivity contribution < 1.29 is 39.4 Å². The van der Waals surface area contributed by atoms with Crippen LogP contribution in [0.3, 0.4) is 0 Å². The van der Waals surface area contributed by atoms with Crippen LogP contribution in [0.2, 0.25) is 0 Å². The molecule has 0 radical (unpaired) electrons. The van der Waals surface area contributed by atoms with Crippen LogP contribution in [0.4, 0.5) is 0 Å². The molecule has 36 heavy (non-hydrogen) atoms. The van der Waals surface area contributed by atoms with E-state index >= 15 is 0 Å². The van der Waals surface area contributed by atoms with Crippen LogP contribution in [0.25, 0.3) is 22.9 Å². The Morgan fingerprint density at radius 3 is 2.72 bits per heavy atom. The van der Waals surface area contributed by atoms with Gasteiger partial charge in [0, 0.05) is 33.9 Å². The van der Waals surface area contributed by atoms with Crippen molar-refractivity contribution in [2.24, 2.45) is 0 Å². The summed E-state index contributed by atoms with van der Waals surface area (Å²) < 4.78 is 16.4. The first-order chi connectivity index (χ1) is 17.3. The van der Waals surface area contributed by atoms with Crippen molar-refractivity contribution in [3.05, 3.63) is 61.9 Å². The molecule has 0 bridgehead atoms. The van der Waals surface area contributed by atoms with Crippen LogP contribution in [0.1, 0.15) is 22.9 Å². The number of nitrogens with zero attached hydrogens (tertiary/aromatic N) is 1. The van der Waals surface area contributed by atoms with Gasteiger partial charge in [-0.2, -0.15) is 0 Å². The van der Waals surface area contributed by atoms with Crippen molar-refractivity contribution in [2.45, 2.75) is 50.1 Å². The summed E-state index contributed by atoms with van der Waals surface area (Å²) >= 11 is 0. The van der Waals surface area contributed by atoms with Gasteiger partial charge in [-0.15, -0.1) is 0 Å². The first kappa shape index (κ1) is 23.1. The zero-order valence-electron chi connectivity index (χ0n) is 19.3. The Morgan fingerprint density at radius 2 is 1.94 bits per heavy atom. The third-order valence-electron chi connectivity index (χ3n) is 7.34. The van der Waals surface area contributed by atoms with Crippen LogP contribution in [-0.4, -0.2) is 79.3 Å². The molecule has 0 saturated carbocycles. The molecule has 6 atom stereocenters. The van der Waals surface area contributed by atoms with E-state index in [0.29, 0.717) is 23.7 Å². The number of fused-ring (bicyclic) bond motifs is 6. The lowest BCUT2D eigenvalue weighted by Crippen LogP contribution is -2.60. The highest BCUT2D eigenvalue weighted by molar-refractivity contribution is 5.85. The van der Waals surface area contributed by atoms with Crippen molar-refractivity contribution in [1.82, 2.24) is 9.88 Å². The largest absolute Gasteiger partial charge is 0.494 e. The average Bonchev–Trinajstić information content (AvgIpc) is 3.26. The number of rotatable bonds is 3. The molecular weight excluding hydrogens is 472 g/mol. The molecule has 0 aliphatic carbocycles. The van der Waals surface area contributed by atoms with Crippen LogP contribution < -0.4 is 20.8 Å². The minimum absolute atomic E-state index is 0.00413. The summed E-state index contributed by atoms with van der Waals surface area (Å²) in [5.41, 5.74) is 2.58. The van der Waals surface area contributed by atoms with Crippen molar-refractivity contribution in [2.75, 3.05) is 13.2 Å². The summed E-state index contributed by atoms with van der Waals surface area (Å²) in [5, 5.41) is 52.5. The number of H-pyrrole nitrogens is 1. The van der Waals surface area contributed by atoms with E-state index in [1.165, 1.54) is 0 Å². The molecule has 11 heteroatoms. The molecule has 1 saturated heterocycles. The second-order valence-electron chi connectivity index (χ2n) is 9.35. The zero-order valence-corrected chi connectivity index (χ0v) is 19.3. The molecule has 3 aromatic rings. The summed E-state index contributed by atoms with van der Waals surface area (Å²) in [6, 6.07) is 7.60. The number of para-hydroxylation sites is 1. The Morgan fingerprint density at radius 1 is 1.17 bits per heavy atom. The average molecular weight is 498 g/mol. The van der Waals surface area contributed by atoms with Gasteiger partial charge in [0.05, 0.1) is 12.6 Å². The van der Waals surface area contributed by atoms with Crippen LogP contribution in [-0.2, 0) is 11.2 Å². The number of nitrogens with one attached hydrogen (secondary N) is 1. The van der Waals surface area contributed by atoms with Crippen molar-refractivity contribution in [1.29, 1.82) is 0 Å². The molecule has 1 fully saturated rings. The number of aromatic nitrogens is 1. The lowest BCUT2D eigenvalue weighted by atomic mass is 9.94. The number of aromatic amines is 1.